The quantitative estimate of drug-likeness (QED) is 0.623. The molecule has 0 bridgehead atoms. The van der Waals surface area contributed by atoms with Gasteiger partial charge < -0.3 is 14.5 Å². The molecule has 0 N–H and O–H groups in total. The molecule has 114 valence electrons. The molecule has 0 aromatic heterocycles. The Labute approximate surface area is 123 Å². The first-order chi connectivity index (χ1) is 9.95. The predicted molar refractivity (Wildman–Crippen MR) is 78.7 cm³/mol. The first-order valence-electron chi connectivity index (χ1n) is 6.76. The van der Waals surface area contributed by atoms with E-state index in [0.717, 1.165) is 25.1 Å². The second-order valence-corrected chi connectivity index (χ2v) is 5.20. The van der Waals surface area contributed by atoms with E-state index in [2.05, 4.69) is 0 Å². The lowest BCUT2D eigenvalue weighted by Crippen LogP contribution is -2.42. The molecule has 1 atom stereocenters. The van der Waals surface area contributed by atoms with Crippen LogP contribution in [-0.4, -0.2) is 49.5 Å². The first kappa shape index (κ1) is 15.1. The van der Waals surface area contributed by atoms with E-state index in [0.29, 0.717) is 0 Å². The molecule has 1 amide bonds. The molecule has 0 aliphatic carbocycles. The number of amides is 1. The maximum absolute atomic E-state index is 12.2. The van der Waals surface area contributed by atoms with Gasteiger partial charge in [-0.3, -0.25) is 14.9 Å². The number of ether oxygens (including phenoxy) is 1. The number of carbonyl (C=O) groups excluding carboxylic acids is 1. The molecule has 0 unspecified atom stereocenters. The number of hydrogen-bond donors (Lipinski definition) is 0. The zero-order valence-electron chi connectivity index (χ0n) is 12.4. The van der Waals surface area contributed by atoms with Crippen molar-refractivity contribution in [1.82, 2.24) is 4.90 Å². The molecule has 0 spiro atoms. The van der Waals surface area contributed by atoms with Crippen molar-refractivity contribution in [1.29, 1.82) is 0 Å². The molecule has 7 nitrogen and oxygen atoms in total. The molecule has 0 saturated carbocycles. The number of nitrogens with zero attached hydrogens (tertiary/aromatic N) is 3. The molecule has 1 aliphatic rings. The lowest BCUT2D eigenvalue weighted by Gasteiger charge is -2.28. The molecule has 1 aromatic carbocycles. The highest BCUT2D eigenvalue weighted by molar-refractivity contribution is 5.85. The van der Waals surface area contributed by atoms with Crippen LogP contribution in [0, 0.1) is 10.1 Å². The minimum absolute atomic E-state index is 0.0461. The number of carbonyl (C=O) groups is 1. The van der Waals surface area contributed by atoms with Crippen LogP contribution < -0.4 is 9.64 Å². The van der Waals surface area contributed by atoms with Crippen LogP contribution in [-0.2, 0) is 4.79 Å². The second kappa shape index (κ2) is 5.99. The van der Waals surface area contributed by atoms with Crippen LogP contribution in [0.15, 0.2) is 18.2 Å². The molecule has 7 heteroatoms. The normalized spacial score (nSPS) is 17.7. The van der Waals surface area contributed by atoms with Gasteiger partial charge in [0.15, 0.2) is 5.75 Å². The second-order valence-electron chi connectivity index (χ2n) is 5.20. The number of nitro groups is 1. The summed E-state index contributed by atoms with van der Waals surface area (Å²) in [6.45, 7) is 0.755. The number of likely N-dealkylation sites (N-methyl/N-ethyl adjacent to an activating group) is 1. The van der Waals surface area contributed by atoms with E-state index in [4.69, 9.17) is 4.74 Å². The van der Waals surface area contributed by atoms with Gasteiger partial charge in [-0.2, -0.15) is 0 Å². The Morgan fingerprint density at radius 1 is 1.48 bits per heavy atom. The number of anilines is 1. The smallest absolute Gasteiger partial charge is 0.311 e. The average Bonchev–Trinajstić information content (AvgIpc) is 2.94. The summed E-state index contributed by atoms with van der Waals surface area (Å²) >= 11 is 0. The first-order valence-corrected chi connectivity index (χ1v) is 6.76. The predicted octanol–water partition coefficient (Wildman–Crippen LogP) is 1.66. The molecular formula is C14H19N3O4. The molecule has 1 heterocycles. The van der Waals surface area contributed by atoms with Crippen molar-refractivity contribution in [3.63, 3.8) is 0 Å². The van der Waals surface area contributed by atoms with Gasteiger partial charge in [-0.25, -0.2) is 0 Å². The van der Waals surface area contributed by atoms with Gasteiger partial charge >= 0.3 is 5.69 Å². The van der Waals surface area contributed by atoms with Crippen LogP contribution in [0.4, 0.5) is 11.4 Å². The maximum atomic E-state index is 12.2. The van der Waals surface area contributed by atoms with Crippen molar-refractivity contribution in [3.8, 4) is 5.75 Å². The lowest BCUT2D eigenvalue weighted by atomic mass is 10.1. The summed E-state index contributed by atoms with van der Waals surface area (Å²) in [5, 5.41) is 10.9. The van der Waals surface area contributed by atoms with Gasteiger partial charge in [0.1, 0.15) is 6.04 Å². The van der Waals surface area contributed by atoms with Crippen molar-refractivity contribution >= 4 is 17.3 Å². The van der Waals surface area contributed by atoms with Crippen LogP contribution in [0.5, 0.6) is 5.75 Å². The highest BCUT2D eigenvalue weighted by Crippen LogP contribution is 2.34. The summed E-state index contributed by atoms with van der Waals surface area (Å²) in [4.78, 5) is 26.2. The van der Waals surface area contributed by atoms with Gasteiger partial charge in [0, 0.05) is 38.5 Å². The van der Waals surface area contributed by atoms with Crippen molar-refractivity contribution in [2.75, 3.05) is 32.6 Å². The topological polar surface area (TPSA) is 75.9 Å². The standard InChI is InChI=1S/C14H19N3O4/c1-15(2)14(18)12-5-4-8-16(12)10-6-7-11(17(19)20)13(9-10)21-3/h6-7,9,12H,4-5,8H2,1-3H3/t12-/m0/s1. The molecular weight excluding hydrogens is 274 g/mol. The summed E-state index contributed by atoms with van der Waals surface area (Å²) in [6, 6.07) is 4.50. The van der Waals surface area contributed by atoms with Crippen LogP contribution in [0.2, 0.25) is 0 Å². The highest BCUT2D eigenvalue weighted by Gasteiger charge is 2.32. The Balaban J connectivity index is 2.33. The maximum Gasteiger partial charge on any atom is 0.311 e. The third-order valence-electron chi connectivity index (χ3n) is 3.67. The zero-order valence-corrected chi connectivity index (χ0v) is 12.4. The Morgan fingerprint density at radius 3 is 2.76 bits per heavy atom. The number of benzene rings is 1. The van der Waals surface area contributed by atoms with E-state index in [1.165, 1.54) is 13.2 Å². The lowest BCUT2D eigenvalue weighted by molar-refractivity contribution is -0.385. The van der Waals surface area contributed by atoms with Crippen molar-refractivity contribution in [3.05, 3.63) is 28.3 Å². The van der Waals surface area contributed by atoms with E-state index < -0.39 is 4.92 Å². The molecule has 2 rings (SSSR count). The van der Waals surface area contributed by atoms with E-state index in [-0.39, 0.29) is 23.4 Å². The fourth-order valence-corrected chi connectivity index (χ4v) is 2.63. The summed E-state index contributed by atoms with van der Waals surface area (Å²) in [5.74, 6) is 0.255. The third-order valence-corrected chi connectivity index (χ3v) is 3.67. The Kier molecular flexibility index (Phi) is 4.30. The van der Waals surface area contributed by atoms with Crippen molar-refractivity contribution < 1.29 is 14.5 Å². The fourth-order valence-electron chi connectivity index (χ4n) is 2.63. The third kappa shape index (κ3) is 2.91. The molecule has 1 aromatic rings. The summed E-state index contributed by atoms with van der Waals surface area (Å²) < 4.78 is 5.09. The van der Waals surface area contributed by atoms with Gasteiger partial charge in [0.2, 0.25) is 5.91 Å². The van der Waals surface area contributed by atoms with Crippen molar-refractivity contribution in [2.45, 2.75) is 18.9 Å². The average molecular weight is 293 g/mol. The largest absolute Gasteiger partial charge is 0.490 e. The van der Waals surface area contributed by atoms with Gasteiger partial charge in [0.05, 0.1) is 12.0 Å². The monoisotopic (exact) mass is 293 g/mol. The van der Waals surface area contributed by atoms with Crippen molar-refractivity contribution in [2.24, 2.45) is 0 Å². The summed E-state index contributed by atoms with van der Waals surface area (Å²) in [5.41, 5.74) is 0.700. The molecule has 0 radical (unpaired) electrons. The van der Waals surface area contributed by atoms with Gasteiger partial charge in [0.25, 0.3) is 0 Å². The minimum Gasteiger partial charge on any atom is -0.490 e. The van der Waals surface area contributed by atoms with Gasteiger partial charge in [-0.1, -0.05) is 0 Å². The number of nitro benzene ring substituents is 1. The SMILES string of the molecule is COc1cc(N2CCC[C@H]2C(=O)N(C)C)ccc1[N+](=O)[O-]. The number of methoxy groups -OCH3 is 1. The van der Waals surface area contributed by atoms with Crippen LogP contribution in [0.1, 0.15) is 12.8 Å². The highest BCUT2D eigenvalue weighted by atomic mass is 16.6. The van der Waals surface area contributed by atoms with E-state index in [1.54, 1.807) is 31.1 Å². The Morgan fingerprint density at radius 2 is 2.19 bits per heavy atom. The fraction of sp³-hybridized carbons (Fsp3) is 0.500. The molecule has 1 saturated heterocycles. The van der Waals surface area contributed by atoms with Crippen LogP contribution in [0.25, 0.3) is 0 Å². The Bertz CT molecular complexity index is 559. The molecule has 1 aliphatic heterocycles. The Hall–Kier alpha value is -2.31. The zero-order chi connectivity index (χ0) is 15.6. The summed E-state index contributed by atoms with van der Waals surface area (Å²) in [6.07, 6.45) is 1.71. The van der Waals surface area contributed by atoms with E-state index in [9.17, 15) is 14.9 Å². The van der Waals surface area contributed by atoms with E-state index in [1.807, 2.05) is 4.90 Å². The van der Waals surface area contributed by atoms with Crippen LogP contribution in [0.3, 0.4) is 0 Å². The molecule has 1 fully saturated rings. The molecule has 21 heavy (non-hydrogen) atoms. The van der Waals surface area contributed by atoms with Gasteiger partial charge in [-0.05, 0) is 18.9 Å². The minimum atomic E-state index is -0.477. The summed E-state index contributed by atoms with van der Waals surface area (Å²) in [7, 11) is 4.86. The van der Waals surface area contributed by atoms with E-state index >= 15 is 0 Å². The van der Waals surface area contributed by atoms with Gasteiger partial charge in [-0.15, -0.1) is 0 Å². The van der Waals surface area contributed by atoms with Crippen LogP contribution >= 0.6 is 0 Å². The number of hydrogen-bond acceptors (Lipinski definition) is 5. The number of rotatable bonds is 4.